The fraction of sp³-hybridized carbons (Fsp3) is 0.316. The lowest BCUT2D eigenvalue weighted by atomic mass is 10.1. The van der Waals surface area contributed by atoms with Gasteiger partial charge in [-0.05, 0) is 43.6 Å². The second-order valence-electron chi connectivity index (χ2n) is 6.16. The Morgan fingerprint density at radius 2 is 1.68 bits per heavy atom. The molecule has 0 saturated carbocycles. The summed E-state index contributed by atoms with van der Waals surface area (Å²) < 4.78 is 2.30. The van der Waals surface area contributed by atoms with E-state index in [9.17, 15) is 0 Å². The van der Waals surface area contributed by atoms with Crippen LogP contribution < -0.4 is 44.6 Å². The summed E-state index contributed by atoms with van der Waals surface area (Å²) in [7, 11) is 0. The van der Waals surface area contributed by atoms with E-state index in [1.807, 2.05) is 0 Å². The standard InChI is InChI=1S/C19H22N4.2BrH/c1-2-6-15(7-3-1)14-23-18-9-5-4-8-17(18)22-19(23)21-16-10-12-20-13-11-16;;/h1-9,16,20H,10-14H2,(H,21,22);2*1H. The topological polar surface area (TPSA) is 41.9 Å². The van der Waals surface area contributed by atoms with Crippen molar-refractivity contribution >= 4 is 17.0 Å². The molecule has 1 aromatic heterocycles. The first-order chi connectivity index (χ1) is 11.4. The lowest BCUT2D eigenvalue weighted by molar-refractivity contribution is -0.00100. The highest BCUT2D eigenvalue weighted by molar-refractivity contribution is 5.78. The van der Waals surface area contributed by atoms with Crippen molar-refractivity contribution in [1.82, 2.24) is 14.9 Å². The summed E-state index contributed by atoms with van der Waals surface area (Å²) >= 11 is 0. The van der Waals surface area contributed by atoms with Crippen molar-refractivity contribution < 1.29 is 36.8 Å². The minimum atomic E-state index is 0. The molecule has 0 radical (unpaired) electrons. The van der Waals surface area contributed by atoms with Gasteiger partial charge < -0.3 is 49.2 Å². The van der Waals surface area contributed by atoms with Crippen LogP contribution in [0.15, 0.2) is 54.6 Å². The van der Waals surface area contributed by atoms with Gasteiger partial charge in [-0.1, -0.05) is 42.5 Å². The molecule has 0 aliphatic carbocycles. The van der Waals surface area contributed by atoms with Crippen molar-refractivity contribution in [3.63, 3.8) is 0 Å². The highest BCUT2D eigenvalue weighted by Crippen LogP contribution is 2.23. The zero-order chi connectivity index (χ0) is 15.5. The molecule has 0 bridgehead atoms. The molecule has 1 fully saturated rings. The highest BCUT2D eigenvalue weighted by atomic mass is 79.9. The molecule has 25 heavy (non-hydrogen) atoms. The van der Waals surface area contributed by atoms with Gasteiger partial charge in [0.15, 0.2) is 0 Å². The maximum absolute atomic E-state index is 4.83. The Hall–Kier alpha value is -1.37. The van der Waals surface area contributed by atoms with E-state index >= 15 is 0 Å². The smallest absolute Gasteiger partial charge is 1.00 e. The summed E-state index contributed by atoms with van der Waals surface area (Å²) in [5, 5.41) is 7.09. The molecule has 2 heterocycles. The predicted molar refractivity (Wildman–Crippen MR) is 97.0 cm³/mol. The first-order valence-electron chi connectivity index (χ1n) is 8.36. The van der Waals surface area contributed by atoms with E-state index in [2.05, 4.69) is 69.8 Å². The van der Waals surface area contributed by atoms with Gasteiger partial charge in [-0.15, -0.1) is 0 Å². The molecule has 0 atom stereocenters. The number of rotatable bonds is 4. The van der Waals surface area contributed by atoms with E-state index in [1.54, 1.807) is 0 Å². The second kappa shape index (κ2) is 9.36. The number of nitrogens with one attached hydrogen (secondary N) is 2. The molecule has 1 aliphatic rings. The van der Waals surface area contributed by atoms with Gasteiger partial charge in [0.1, 0.15) is 0 Å². The molecule has 0 unspecified atom stereocenters. The van der Waals surface area contributed by atoms with Crippen LogP contribution in [-0.2, 0) is 6.54 Å². The fourth-order valence-electron chi connectivity index (χ4n) is 3.26. The Bertz CT molecular complexity index is 793. The average molecular weight is 468 g/mol. The number of piperidine rings is 1. The summed E-state index contributed by atoms with van der Waals surface area (Å²) in [5.74, 6) is 0.988. The lowest BCUT2D eigenvalue weighted by Gasteiger charge is -2.24. The SMILES string of the molecule is [Br-].[Br-].[H+].[H+].c1ccc(Cn2c(NC3CCNCC3)nc3ccccc32)cc1. The van der Waals surface area contributed by atoms with Gasteiger partial charge in [0.25, 0.3) is 0 Å². The zero-order valence-corrected chi connectivity index (χ0v) is 17.1. The largest absolute Gasteiger partial charge is 1.00 e. The van der Waals surface area contributed by atoms with Crippen LogP contribution in [0, 0.1) is 0 Å². The number of hydrogen-bond acceptors (Lipinski definition) is 3. The Kier molecular flexibility index (Phi) is 7.47. The molecule has 1 aliphatic heterocycles. The first kappa shape index (κ1) is 19.9. The first-order valence-corrected chi connectivity index (χ1v) is 8.36. The van der Waals surface area contributed by atoms with Crippen LogP contribution >= 0.6 is 0 Å². The fourth-order valence-corrected chi connectivity index (χ4v) is 3.26. The van der Waals surface area contributed by atoms with E-state index in [0.29, 0.717) is 6.04 Å². The van der Waals surface area contributed by atoms with Crippen LogP contribution in [0.3, 0.4) is 0 Å². The highest BCUT2D eigenvalue weighted by Gasteiger charge is 2.17. The van der Waals surface area contributed by atoms with Crippen molar-refractivity contribution in [3.05, 3.63) is 60.2 Å². The van der Waals surface area contributed by atoms with Crippen LogP contribution in [0.5, 0.6) is 0 Å². The minimum Gasteiger partial charge on any atom is -1.00 e. The third-order valence-corrected chi connectivity index (χ3v) is 4.51. The quantitative estimate of drug-likeness (QED) is 0.445. The normalized spacial score (nSPS) is 14.6. The molecular formula is C19H24Br2N4. The summed E-state index contributed by atoms with van der Waals surface area (Å²) in [5.41, 5.74) is 3.54. The molecule has 4 rings (SSSR count). The Morgan fingerprint density at radius 1 is 1.00 bits per heavy atom. The summed E-state index contributed by atoms with van der Waals surface area (Å²) in [4.78, 5) is 4.83. The van der Waals surface area contributed by atoms with Gasteiger partial charge in [0.2, 0.25) is 5.95 Å². The molecule has 0 spiro atoms. The Balaban J connectivity index is 0.00000169. The van der Waals surface area contributed by atoms with E-state index in [0.717, 1.165) is 43.9 Å². The maximum atomic E-state index is 4.83. The van der Waals surface area contributed by atoms with Crippen molar-refractivity contribution in [1.29, 1.82) is 0 Å². The molecular weight excluding hydrogens is 444 g/mol. The van der Waals surface area contributed by atoms with Crippen LogP contribution in [0.2, 0.25) is 0 Å². The van der Waals surface area contributed by atoms with Crippen molar-refractivity contribution in [2.24, 2.45) is 0 Å². The number of aromatic nitrogens is 2. The number of fused-ring (bicyclic) bond motifs is 1. The van der Waals surface area contributed by atoms with Crippen LogP contribution in [-0.4, -0.2) is 28.7 Å². The number of hydrogen-bond donors (Lipinski definition) is 2. The molecule has 2 N–H and O–H groups in total. The molecule has 134 valence electrons. The number of para-hydroxylation sites is 2. The van der Waals surface area contributed by atoms with Gasteiger partial charge in [-0.2, -0.15) is 0 Å². The van der Waals surface area contributed by atoms with Crippen LogP contribution in [0.1, 0.15) is 21.3 Å². The molecule has 2 aromatic carbocycles. The third kappa shape index (κ3) is 4.63. The predicted octanol–water partition coefficient (Wildman–Crippen LogP) is -2.52. The molecule has 1 saturated heterocycles. The van der Waals surface area contributed by atoms with E-state index in [-0.39, 0.29) is 36.8 Å². The van der Waals surface area contributed by atoms with Gasteiger partial charge in [0, 0.05) is 6.04 Å². The average Bonchev–Trinajstić information content (AvgIpc) is 2.94. The number of imidazole rings is 1. The molecule has 4 nitrogen and oxygen atoms in total. The summed E-state index contributed by atoms with van der Waals surface area (Å²) in [6.45, 7) is 3.00. The van der Waals surface area contributed by atoms with E-state index in [4.69, 9.17) is 4.98 Å². The summed E-state index contributed by atoms with van der Waals surface area (Å²) in [6.07, 6.45) is 2.29. The van der Waals surface area contributed by atoms with E-state index in [1.165, 1.54) is 11.1 Å². The Labute approximate surface area is 172 Å². The van der Waals surface area contributed by atoms with Gasteiger partial charge >= 0.3 is 2.85 Å². The van der Waals surface area contributed by atoms with Crippen LogP contribution in [0.4, 0.5) is 5.95 Å². The van der Waals surface area contributed by atoms with E-state index < -0.39 is 0 Å². The van der Waals surface area contributed by atoms with Crippen molar-refractivity contribution in [3.8, 4) is 0 Å². The second-order valence-corrected chi connectivity index (χ2v) is 6.16. The number of benzene rings is 2. The number of halogens is 2. The minimum absolute atomic E-state index is 0. The van der Waals surface area contributed by atoms with Crippen molar-refractivity contribution in [2.75, 3.05) is 18.4 Å². The summed E-state index contributed by atoms with van der Waals surface area (Å²) in [6, 6.07) is 19.5. The maximum Gasteiger partial charge on any atom is 1.00 e. The lowest BCUT2D eigenvalue weighted by Crippen LogP contribution is -3.00. The molecule has 3 aromatic rings. The molecule has 6 heteroatoms. The van der Waals surface area contributed by atoms with Gasteiger partial charge in [-0.3, -0.25) is 0 Å². The monoisotopic (exact) mass is 466 g/mol. The number of nitrogens with zero attached hydrogens (tertiary/aromatic N) is 2. The van der Waals surface area contributed by atoms with Crippen LogP contribution in [0.25, 0.3) is 11.0 Å². The Morgan fingerprint density at radius 3 is 2.44 bits per heavy atom. The molecule has 0 amide bonds. The zero-order valence-electron chi connectivity index (χ0n) is 16.0. The third-order valence-electron chi connectivity index (χ3n) is 4.51. The number of anilines is 1. The van der Waals surface area contributed by atoms with Crippen molar-refractivity contribution in [2.45, 2.75) is 25.4 Å². The van der Waals surface area contributed by atoms with Gasteiger partial charge in [-0.25, -0.2) is 4.98 Å². The van der Waals surface area contributed by atoms with Gasteiger partial charge in [0.05, 0.1) is 17.6 Å².